The number of nitrogens with one attached hydrogen (secondary N) is 1. The number of aromatic nitrogens is 2. The van der Waals surface area contributed by atoms with Gasteiger partial charge in [-0.1, -0.05) is 54.1 Å². The molecule has 8 nitrogen and oxygen atoms in total. The predicted molar refractivity (Wildman–Crippen MR) is 152 cm³/mol. The fourth-order valence-electron chi connectivity index (χ4n) is 4.84. The standard InChI is InChI=1S/C29H27ClN4O4S/c1-18-7-5-8-19(2)27(18)24-16-26(30)32-29(31-24)33-39(37,38)23-11-6-10-21(15-23)28(36)34-17-22(35)14-13-20-9-3-4-12-25(20)34/h3-12,15-16,22,35H,13-14,17H2,1-2H3,(H,31,32,33). The van der Waals surface area contributed by atoms with Gasteiger partial charge < -0.3 is 10.0 Å². The highest BCUT2D eigenvalue weighted by Gasteiger charge is 2.27. The van der Waals surface area contributed by atoms with Gasteiger partial charge in [0.2, 0.25) is 5.95 Å². The molecule has 1 atom stereocenters. The molecule has 0 radical (unpaired) electrons. The van der Waals surface area contributed by atoms with Crippen molar-refractivity contribution in [3.8, 4) is 11.3 Å². The first-order chi connectivity index (χ1) is 18.6. The Balaban J connectivity index is 1.46. The van der Waals surface area contributed by atoms with Crippen LogP contribution >= 0.6 is 11.6 Å². The van der Waals surface area contributed by atoms with Crippen LogP contribution in [0.5, 0.6) is 0 Å². The zero-order valence-electron chi connectivity index (χ0n) is 21.4. The summed E-state index contributed by atoms with van der Waals surface area (Å²) in [6.45, 7) is 3.99. The lowest BCUT2D eigenvalue weighted by Crippen LogP contribution is -2.36. The minimum atomic E-state index is -4.17. The van der Waals surface area contributed by atoms with Gasteiger partial charge in [-0.25, -0.2) is 23.1 Å². The molecule has 1 aromatic heterocycles. The number of sulfonamides is 1. The lowest BCUT2D eigenvalue weighted by molar-refractivity contribution is 0.0962. The summed E-state index contributed by atoms with van der Waals surface area (Å²) in [4.78, 5) is 23.4. The molecule has 0 bridgehead atoms. The number of hydrogen-bond donors (Lipinski definition) is 2. The van der Waals surface area contributed by atoms with Gasteiger partial charge in [-0.2, -0.15) is 0 Å². The van der Waals surface area contributed by atoms with Crippen LogP contribution in [0, 0.1) is 13.8 Å². The van der Waals surface area contributed by atoms with Crippen LogP contribution in [0.1, 0.15) is 33.5 Å². The molecular weight excluding hydrogens is 536 g/mol. The van der Waals surface area contributed by atoms with Gasteiger partial charge in [0.25, 0.3) is 15.9 Å². The summed E-state index contributed by atoms with van der Waals surface area (Å²) >= 11 is 6.24. The van der Waals surface area contributed by atoms with Crippen molar-refractivity contribution in [3.63, 3.8) is 0 Å². The highest BCUT2D eigenvalue weighted by Crippen LogP contribution is 2.30. The highest BCUT2D eigenvalue weighted by molar-refractivity contribution is 7.92. The number of para-hydroxylation sites is 1. The Kier molecular flexibility index (Phi) is 7.40. The molecule has 1 aliphatic heterocycles. The number of benzene rings is 3. The van der Waals surface area contributed by atoms with Gasteiger partial charge in [-0.3, -0.25) is 4.79 Å². The van der Waals surface area contributed by atoms with E-state index in [2.05, 4.69) is 14.7 Å². The number of carbonyl (C=O) groups excluding carboxylic acids is 1. The van der Waals surface area contributed by atoms with Crippen molar-refractivity contribution < 1.29 is 18.3 Å². The van der Waals surface area contributed by atoms with Crippen molar-refractivity contribution in [2.75, 3.05) is 16.2 Å². The molecule has 2 N–H and O–H groups in total. The molecule has 0 fully saturated rings. The van der Waals surface area contributed by atoms with E-state index in [-0.39, 0.29) is 28.1 Å². The van der Waals surface area contributed by atoms with Crippen molar-refractivity contribution in [1.82, 2.24) is 9.97 Å². The second-order valence-electron chi connectivity index (χ2n) is 9.54. The minimum Gasteiger partial charge on any atom is -0.391 e. The Hall–Kier alpha value is -3.79. The number of aliphatic hydroxyl groups excluding tert-OH is 1. The third-order valence-electron chi connectivity index (χ3n) is 6.72. The van der Waals surface area contributed by atoms with E-state index in [1.165, 1.54) is 23.1 Å². The normalized spacial score (nSPS) is 15.4. The average Bonchev–Trinajstić information content (AvgIpc) is 3.06. The van der Waals surface area contributed by atoms with E-state index in [0.29, 0.717) is 24.2 Å². The molecule has 0 spiro atoms. The van der Waals surface area contributed by atoms with E-state index in [0.717, 1.165) is 22.3 Å². The van der Waals surface area contributed by atoms with Gasteiger partial charge in [0.15, 0.2) is 0 Å². The molecule has 1 unspecified atom stereocenters. The van der Waals surface area contributed by atoms with Crippen LogP contribution in [0.4, 0.5) is 11.6 Å². The smallest absolute Gasteiger partial charge is 0.264 e. The first kappa shape index (κ1) is 26.8. The molecule has 1 amide bonds. The lowest BCUT2D eigenvalue weighted by Gasteiger charge is -2.24. The molecule has 5 rings (SSSR count). The summed E-state index contributed by atoms with van der Waals surface area (Å²) < 4.78 is 29.1. The van der Waals surface area contributed by atoms with Crippen LogP contribution in [0.3, 0.4) is 0 Å². The maximum atomic E-state index is 13.6. The van der Waals surface area contributed by atoms with Crippen LogP contribution in [0.15, 0.2) is 77.7 Å². The van der Waals surface area contributed by atoms with Crippen molar-refractivity contribution in [2.45, 2.75) is 37.7 Å². The fraction of sp³-hybridized carbons (Fsp3) is 0.207. The quantitative estimate of drug-likeness (QED) is 0.325. The van der Waals surface area contributed by atoms with Crippen molar-refractivity contribution in [2.24, 2.45) is 0 Å². The Labute approximate surface area is 232 Å². The van der Waals surface area contributed by atoms with Gasteiger partial charge in [0.1, 0.15) is 5.15 Å². The average molecular weight is 563 g/mol. The maximum absolute atomic E-state index is 13.6. The molecule has 4 aromatic rings. The number of fused-ring (bicyclic) bond motifs is 1. The Morgan fingerprint density at radius 2 is 1.72 bits per heavy atom. The summed E-state index contributed by atoms with van der Waals surface area (Å²) in [5.74, 6) is -0.585. The number of β-amino-alcohol motifs (C(OH)–C–C–N with tert-alkyl or cyclic N) is 1. The number of amides is 1. The molecule has 10 heteroatoms. The van der Waals surface area contributed by atoms with Crippen LogP contribution in [-0.4, -0.2) is 42.0 Å². The highest BCUT2D eigenvalue weighted by atomic mass is 35.5. The first-order valence-corrected chi connectivity index (χ1v) is 14.3. The first-order valence-electron chi connectivity index (χ1n) is 12.4. The van der Waals surface area contributed by atoms with Gasteiger partial charge in [-0.05, 0) is 67.6 Å². The molecule has 1 aliphatic rings. The van der Waals surface area contributed by atoms with E-state index in [1.54, 1.807) is 12.1 Å². The van der Waals surface area contributed by atoms with Crippen LogP contribution < -0.4 is 9.62 Å². The maximum Gasteiger partial charge on any atom is 0.264 e. The molecule has 2 heterocycles. The van der Waals surface area contributed by atoms with Crippen molar-refractivity contribution in [1.29, 1.82) is 0 Å². The summed E-state index contributed by atoms with van der Waals surface area (Å²) in [6, 6.07) is 20.6. The SMILES string of the molecule is Cc1cccc(C)c1-c1cc(Cl)nc(NS(=O)(=O)c2cccc(C(=O)N3CC(O)CCc4ccccc43)c2)n1. The third kappa shape index (κ3) is 5.66. The number of hydrogen-bond acceptors (Lipinski definition) is 6. The number of halogens is 1. The minimum absolute atomic E-state index is 0.0858. The molecular formula is C29H27ClN4O4S. The number of nitrogens with zero attached hydrogens (tertiary/aromatic N) is 3. The van der Waals surface area contributed by atoms with E-state index >= 15 is 0 Å². The zero-order chi connectivity index (χ0) is 27.7. The van der Waals surface area contributed by atoms with E-state index in [4.69, 9.17) is 11.6 Å². The van der Waals surface area contributed by atoms with E-state index in [1.807, 2.05) is 56.3 Å². The number of rotatable bonds is 5. The molecule has 0 saturated carbocycles. The molecule has 200 valence electrons. The van der Waals surface area contributed by atoms with E-state index in [9.17, 15) is 18.3 Å². The molecule has 39 heavy (non-hydrogen) atoms. The van der Waals surface area contributed by atoms with Gasteiger partial charge in [0, 0.05) is 22.9 Å². The molecule has 0 saturated heterocycles. The third-order valence-corrected chi connectivity index (χ3v) is 8.24. The summed E-state index contributed by atoms with van der Waals surface area (Å²) in [5.41, 5.74) is 5.09. The number of anilines is 2. The van der Waals surface area contributed by atoms with Crippen LogP contribution in [0.25, 0.3) is 11.3 Å². The van der Waals surface area contributed by atoms with Gasteiger partial charge in [0.05, 0.1) is 23.2 Å². The fourth-order valence-corrected chi connectivity index (χ4v) is 6.01. The molecule has 3 aromatic carbocycles. The topological polar surface area (TPSA) is 112 Å². The second kappa shape index (κ2) is 10.8. The lowest BCUT2D eigenvalue weighted by atomic mass is 10.00. The van der Waals surface area contributed by atoms with Gasteiger partial charge >= 0.3 is 0 Å². The Morgan fingerprint density at radius 1 is 1.00 bits per heavy atom. The number of carbonyl (C=O) groups is 1. The van der Waals surface area contributed by atoms with E-state index < -0.39 is 22.0 Å². The number of aliphatic hydroxyl groups is 1. The summed E-state index contributed by atoms with van der Waals surface area (Å²) in [6.07, 6.45) is 0.479. The predicted octanol–water partition coefficient (Wildman–Crippen LogP) is 5.17. The van der Waals surface area contributed by atoms with Crippen LogP contribution in [0.2, 0.25) is 5.15 Å². The Bertz CT molecular complexity index is 1660. The van der Waals surface area contributed by atoms with Crippen molar-refractivity contribution >= 4 is 39.2 Å². The monoisotopic (exact) mass is 562 g/mol. The summed E-state index contributed by atoms with van der Waals surface area (Å²) in [7, 11) is -4.17. The number of aryl methyl sites for hydroxylation is 3. The second-order valence-corrected chi connectivity index (χ2v) is 11.6. The van der Waals surface area contributed by atoms with Gasteiger partial charge in [-0.15, -0.1) is 0 Å². The zero-order valence-corrected chi connectivity index (χ0v) is 23.0. The Morgan fingerprint density at radius 3 is 2.49 bits per heavy atom. The van der Waals surface area contributed by atoms with Crippen molar-refractivity contribution in [3.05, 3.63) is 100 Å². The molecule has 0 aliphatic carbocycles. The van der Waals surface area contributed by atoms with Crippen LogP contribution in [-0.2, 0) is 16.4 Å². The largest absolute Gasteiger partial charge is 0.391 e. The summed E-state index contributed by atoms with van der Waals surface area (Å²) in [5, 5.41) is 10.5.